The molecule has 1 aromatic heterocycles. The zero-order valence-corrected chi connectivity index (χ0v) is 12.3. The molecule has 0 spiro atoms. The molecular weight excluding hydrogens is 260 g/mol. The van der Waals surface area contributed by atoms with Crippen LogP contribution in [0.15, 0.2) is 0 Å². The maximum atomic E-state index is 11.8. The van der Waals surface area contributed by atoms with Gasteiger partial charge >= 0.3 is 0 Å². The standard InChI is InChI=1S/C13H22N4OS/c1-2-3-12-16-17-13(19-12)15-11(18)5-4-10-6-8-14-9-7-10/h10,14H,2-9H2,1H3,(H,15,17,18). The van der Waals surface area contributed by atoms with E-state index in [0.29, 0.717) is 17.5 Å². The fraction of sp³-hybridized carbons (Fsp3) is 0.769. The fourth-order valence-corrected chi connectivity index (χ4v) is 3.16. The molecule has 1 aliphatic rings. The first-order valence-electron chi connectivity index (χ1n) is 7.11. The Morgan fingerprint density at radius 3 is 2.95 bits per heavy atom. The van der Waals surface area contributed by atoms with Crippen molar-refractivity contribution in [2.24, 2.45) is 5.92 Å². The van der Waals surface area contributed by atoms with Crippen LogP contribution >= 0.6 is 11.3 Å². The molecule has 5 nitrogen and oxygen atoms in total. The summed E-state index contributed by atoms with van der Waals surface area (Å²) in [5.41, 5.74) is 0. The molecule has 0 bridgehead atoms. The van der Waals surface area contributed by atoms with Gasteiger partial charge in [-0.2, -0.15) is 0 Å². The van der Waals surface area contributed by atoms with E-state index in [1.54, 1.807) is 0 Å². The molecule has 6 heteroatoms. The van der Waals surface area contributed by atoms with E-state index in [1.165, 1.54) is 24.2 Å². The quantitative estimate of drug-likeness (QED) is 0.839. The minimum Gasteiger partial charge on any atom is -0.317 e. The minimum atomic E-state index is 0.0673. The zero-order valence-electron chi connectivity index (χ0n) is 11.4. The topological polar surface area (TPSA) is 66.9 Å². The normalized spacial score (nSPS) is 16.5. The summed E-state index contributed by atoms with van der Waals surface area (Å²) in [5, 5.41) is 15.9. The summed E-state index contributed by atoms with van der Waals surface area (Å²) in [7, 11) is 0. The summed E-state index contributed by atoms with van der Waals surface area (Å²) in [6.45, 7) is 4.28. The Balaban J connectivity index is 1.70. The summed E-state index contributed by atoms with van der Waals surface area (Å²) >= 11 is 1.48. The molecule has 0 radical (unpaired) electrons. The second-order valence-corrected chi connectivity index (χ2v) is 6.09. The van der Waals surface area contributed by atoms with Gasteiger partial charge in [-0.15, -0.1) is 10.2 Å². The SMILES string of the molecule is CCCc1nnc(NC(=O)CCC2CCNCC2)s1. The van der Waals surface area contributed by atoms with Crippen LogP contribution in [0, 0.1) is 5.92 Å². The average molecular weight is 282 g/mol. The summed E-state index contributed by atoms with van der Waals surface area (Å²) < 4.78 is 0. The van der Waals surface area contributed by atoms with Crippen molar-refractivity contribution in [3.63, 3.8) is 0 Å². The lowest BCUT2D eigenvalue weighted by Crippen LogP contribution is -2.28. The lowest BCUT2D eigenvalue weighted by Gasteiger charge is -2.21. The Hall–Kier alpha value is -1.01. The summed E-state index contributed by atoms with van der Waals surface area (Å²) in [5.74, 6) is 0.759. The summed E-state index contributed by atoms with van der Waals surface area (Å²) in [6, 6.07) is 0. The summed E-state index contributed by atoms with van der Waals surface area (Å²) in [6.07, 6.45) is 5.93. The van der Waals surface area contributed by atoms with E-state index in [-0.39, 0.29) is 5.91 Å². The van der Waals surface area contributed by atoms with Gasteiger partial charge in [0.25, 0.3) is 0 Å². The summed E-state index contributed by atoms with van der Waals surface area (Å²) in [4.78, 5) is 11.8. The lowest BCUT2D eigenvalue weighted by molar-refractivity contribution is -0.116. The van der Waals surface area contributed by atoms with E-state index >= 15 is 0 Å². The second kappa shape index (κ2) is 7.55. The van der Waals surface area contributed by atoms with Crippen molar-refractivity contribution in [2.75, 3.05) is 18.4 Å². The molecule has 106 valence electrons. The number of nitrogens with zero attached hydrogens (tertiary/aromatic N) is 2. The highest BCUT2D eigenvalue weighted by Crippen LogP contribution is 2.20. The van der Waals surface area contributed by atoms with Gasteiger partial charge in [0.1, 0.15) is 5.01 Å². The number of aromatic nitrogens is 2. The van der Waals surface area contributed by atoms with Gasteiger partial charge < -0.3 is 10.6 Å². The van der Waals surface area contributed by atoms with Gasteiger partial charge in [0.05, 0.1) is 0 Å². The Bertz CT molecular complexity index is 401. The van der Waals surface area contributed by atoms with E-state index in [2.05, 4.69) is 27.8 Å². The molecule has 0 atom stereocenters. The first kappa shape index (κ1) is 14.4. The third-order valence-electron chi connectivity index (χ3n) is 3.42. The highest BCUT2D eigenvalue weighted by molar-refractivity contribution is 7.15. The van der Waals surface area contributed by atoms with Crippen molar-refractivity contribution in [3.8, 4) is 0 Å². The van der Waals surface area contributed by atoms with Gasteiger partial charge in [0.15, 0.2) is 0 Å². The number of amides is 1. The maximum absolute atomic E-state index is 11.8. The smallest absolute Gasteiger partial charge is 0.226 e. The third-order valence-corrected chi connectivity index (χ3v) is 4.31. The van der Waals surface area contributed by atoms with E-state index in [9.17, 15) is 4.79 Å². The number of hydrogen-bond acceptors (Lipinski definition) is 5. The van der Waals surface area contributed by atoms with Crippen LogP contribution in [0.4, 0.5) is 5.13 Å². The number of carbonyl (C=O) groups excluding carboxylic acids is 1. The van der Waals surface area contributed by atoms with E-state index in [1.807, 2.05) is 0 Å². The molecule has 1 fully saturated rings. The van der Waals surface area contributed by atoms with Gasteiger partial charge in [-0.05, 0) is 44.7 Å². The number of nitrogens with one attached hydrogen (secondary N) is 2. The van der Waals surface area contributed by atoms with Crippen molar-refractivity contribution in [2.45, 2.75) is 45.4 Å². The third kappa shape index (κ3) is 4.87. The molecule has 0 unspecified atom stereocenters. The van der Waals surface area contributed by atoms with E-state index < -0.39 is 0 Å². The number of piperidine rings is 1. The van der Waals surface area contributed by atoms with Gasteiger partial charge in [-0.25, -0.2) is 0 Å². The highest BCUT2D eigenvalue weighted by Gasteiger charge is 2.15. The molecule has 2 rings (SSSR count). The molecule has 1 aliphatic heterocycles. The Morgan fingerprint density at radius 2 is 2.21 bits per heavy atom. The Kier molecular flexibility index (Phi) is 5.72. The van der Waals surface area contributed by atoms with E-state index in [4.69, 9.17) is 0 Å². The van der Waals surface area contributed by atoms with Crippen LogP contribution in [0.25, 0.3) is 0 Å². The monoisotopic (exact) mass is 282 g/mol. The van der Waals surface area contributed by atoms with Crippen molar-refractivity contribution in [1.82, 2.24) is 15.5 Å². The number of anilines is 1. The molecule has 1 saturated heterocycles. The number of aryl methyl sites for hydroxylation is 1. The molecule has 1 amide bonds. The largest absolute Gasteiger partial charge is 0.317 e. The Labute approximate surface area is 118 Å². The molecule has 1 aromatic rings. The van der Waals surface area contributed by atoms with Crippen molar-refractivity contribution in [3.05, 3.63) is 5.01 Å². The highest BCUT2D eigenvalue weighted by atomic mass is 32.1. The number of carbonyl (C=O) groups is 1. The lowest BCUT2D eigenvalue weighted by atomic mass is 9.93. The van der Waals surface area contributed by atoms with Crippen LogP contribution in [0.3, 0.4) is 0 Å². The molecule has 0 aliphatic carbocycles. The van der Waals surface area contributed by atoms with Gasteiger partial charge in [-0.1, -0.05) is 18.3 Å². The fourth-order valence-electron chi connectivity index (χ4n) is 2.31. The van der Waals surface area contributed by atoms with Gasteiger partial charge in [-0.3, -0.25) is 4.79 Å². The van der Waals surface area contributed by atoms with E-state index in [0.717, 1.165) is 37.4 Å². The van der Waals surface area contributed by atoms with Crippen LogP contribution in [-0.4, -0.2) is 29.2 Å². The minimum absolute atomic E-state index is 0.0673. The molecule has 19 heavy (non-hydrogen) atoms. The Morgan fingerprint density at radius 1 is 1.42 bits per heavy atom. The van der Waals surface area contributed by atoms with Crippen LogP contribution in [0.5, 0.6) is 0 Å². The average Bonchev–Trinajstić information content (AvgIpc) is 2.85. The van der Waals surface area contributed by atoms with Crippen LogP contribution < -0.4 is 10.6 Å². The number of rotatable bonds is 6. The predicted octanol–water partition coefficient (Wildman–Crippen LogP) is 2.21. The van der Waals surface area contributed by atoms with Crippen molar-refractivity contribution in [1.29, 1.82) is 0 Å². The van der Waals surface area contributed by atoms with Crippen LogP contribution in [0.2, 0.25) is 0 Å². The van der Waals surface area contributed by atoms with Crippen LogP contribution in [0.1, 0.15) is 44.0 Å². The van der Waals surface area contributed by atoms with Crippen molar-refractivity contribution >= 4 is 22.4 Å². The molecular formula is C13H22N4OS. The molecule has 2 heterocycles. The van der Waals surface area contributed by atoms with Crippen LogP contribution in [-0.2, 0) is 11.2 Å². The van der Waals surface area contributed by atoms with Gasteiger partial charge in [0, 0.05) is 12.8 Å². The zero-order chi connectivity index (χ0) is 13.5. The first-order valence-corrected chi connectivity index (χ1v) is 7.92. The molecule has 0 aromatic carbocycles. The van der Waals surface area contributed by atoms with Crippen molar-refractivity contribution < 1.29 is 4.79 Å². The molecule has 0 saturated carbocycles. The first-order chi connectivity index (χ1) is 9.28. The predicted molar refractivity (Wildman–Crippen MR) is 77.4 cm³/mol. The second-order valence-electron chi connectivity index (χ2n) is 5.03. The maximum Gasteiger partial charge on any atom is 0.226 e. The van der Waals surface area contributed by atoms with Gasteiger partial charge in [0.2, 0.25) is 11.0 Å². The number of hydrogen-bond donors (Lipinski definition) is 2. The molecule has 2 N–H and O–H groups in total.